The normalized spacial score (nSPS) is 12.2. The molecule has 2 rings (SSSR count). The predicted octanol–water partition coefficient (Wildman–Crippen LogP) is 4.69. The van der Waals surface area contributed by atoms with Gasteiger partial charge in [0.15, 0.2) is 0 Å². The number of rotatable bonds is 5. The molecule has 2 aromatic rings. The highest BCUT2D eigenvalue weighted by Crippen LogP contribution is 2.31. The maximum absolute atomic E-state index is 13.1. The summed E-state index contributed by atoms with van der Waals surface area (Å²) in [6, 6.07) is 8.31. The largest absolute Gasteiger partial charge is 0.456 e. The van der Waals surface area contributed by atoms with E-state index in [1.807, 2.05) is 13.0 Å². The molecule has 0 heterocycles. The van der Waals surface area contributed by atoms with E-state index < -0.39 is 11.6 Å². The van der Waals surface area contributed by atoms with E-state index in [2.05, 4.69) is 0 Å². The Kier molecular flexibility index (Phi) is 5.15. The summed E-state index contributed by atoms with van der Waals surface area (Å²) in [6.07, 6.45) is 1.59. The van der Waals surface area contributed by atoms with Gasteiger partial charge in [-0.25, -0.2) is 8.78 Å². The molecule has 5 heteroatoms. The minimum atomic E-state index is -0.702. The van der Waals surface area contributed by atoms with E-state index in [1.165, 1.54) is 0 Å². The minimum Gasteiger partial charge on any atom is -0.456 e. The first-order valence-electron chi connectivity index (χ1n) is 6.66. The molecule has 1 atom stereocenters. The molecule has 0 spiro atoms. The average Bonchev–Trinajstić information content (AvgIpc) is 2.40. The van der Waals surface area contributed by atoms with Gasteiger partial charge in [0.2, 0.25) is 0 Å². The fraction of sp³-hybridized carbons (Fsp3) is 0.250. The molecule has 0 aliphatic carbocycles. The molecule has 0 amide bonds. The Morgan fingerprint density at radius 3 is 2.38 bits per heavy atom. The second kappa shape index (κ2) is 6.87. The molecular formula is C16H16ClF2NO. The monoisotopic (exact) mass is 311 g/mol. The highest BCUT2D eigenvalue weighted by Gasteiger charge is 2.09. The van der Waals surface area contributed by atoms with Gasteiger partial charge in [0.1, 0.15) is 23.1 Å². The van der Waals surface area contributed by atoms with Crippen LogP contribution in [0.15, 0.2) is 36.4 Å². The first-order chi connectivity index (χ1) is 9.97. The van der Waals surface area contributed by atoms with Gasteiger partial charge in [0, 0.05) is 24.2 Å². The number of hydrogen-bond acceptors (Lipinski definition) is 2. The number of halogens is 3. The van der Waals surface area contributed by atoms with Crippen LogP contribution in [0.25, 0.3) is 0 Å². The third-order valence-corrected chi connectivity index (χ3v) is 3.38. The Balaban J connectivity index is 2.17. The van der Waals surface area contributed by atoms with Crippen LogP contribution in [0, 0.1) is 11.6 Å². The first-order valence-corrected chi connectivity index (χ1v) is 7.03. The van der Waals surface area contributed by atoms with Crippen molar-refractivity contribution in [1.82, 2.24) is 0 Å². The van der Waals surface area contributed by atoms with Crippen molar-refractivity contribution in [2.45, 2.75) is 25.8 Å². The summed E-state index contributed by atoms with van der Waals surface area (Å²) in [4.78, 5) is 0. The molecule has 0 fully saturated rings. The zero-order valence-electron chi connectivity index (χ0n) is 11.6. The zero-order valence-corrected chi connectivity index (χ0v) is 12.3. The van der Waals surface area contributed by atoms with E-state index in [1.54, 1.807) is 12.1 Å². The molecule has 2 aromatic carbocycles. The van der Waals surface area contributed by atoms with Crippen LogP contribution in [0.3, 0.4) is 0 Å². The van der Waals surface area contributed by atoms with Gasteiger partial charge in [-0.05, 0) is 30.5 Å². The molecule has 2 N–H and O–H groups in total. The molecular weight excluding hydrogens is 296 g/mol. The molecule has 2 nitrogen and oxygen atoms in total. The van der Waals surface area contributed by atoms with Crippen LogP contribution < -0.4 is 10.5 Å². The molecule has 0 bridgehead atoms. The van der Waals surface area contributed by atoms with E-state index in [0.717, 1.165) is 30.2 Å². The zero-order chi connectivity index (χ0) is 15.4. The fourth-order valence-corrected chi connectivity index (χ4v) is 2.16. The van der Waals surface area contributed by atoms with Crippen molar-refractivity contribution in [1.29, 1.82) is 0 Å². The predicted molar refractivity (Wildman–Crippen MR) is 79.9 cm³/mol. The van der Waals surface area contributed by atoms with Crippen LogP contribution in [0.1, 0.15) is 18.9 Å². The van der Waals surface area contributed by atoms with E-state index in [9.17, 15) is 8.78 Å². The lowest BCUT2D eigenvalue weighted by Gasteiger charge is -2.12. The van der Waals surface area contributed by atoms with E-state index >= 15 is 0 Å². The van der Waals surface area contributed by atoms with E-state index in [-0.39, 0.29) is 11.8 Å². The van der Waals surface area contributed by atoms with Crippen LogP contribution in [-0.2, 0) is 6.42 Å². The summed E-state index contributed by atoms with van der Waals surface area (Å²) < 4.78 is 31.6. The number of ether oxygens (including phenoxy) is 1. The highest BCUT2D eigenvalue weighted by molar-refractivity contribution is 6.32. The van der Waals surface area contributed by atoms with Gasteiger partial charge in [-0.15, -0.1) is 0 Å². The van der Waals surface area contributed by atoms with Gasteiger partial charge in [-0.3, -0.25) is 0 Å². The lowest BCUT2D eigenvalue weighted by molar-refractivity contribution is 0.468. The Bertz CT molecular complexity index is 613. The average molecular weight is 312 g/mol. The Hall–Kier alpha value is -1.65. The Morgan fingerprint density at radius 1 is 1.14 bits per heavy atom. The quantitative estimate of drug-likeness (QED) is 0.869. The topological polar surface area (TPSA) is 35.2 Å². The van der Waals surface area contributed by atoms with Crippen molar-refractivity contribution in [2.24, 2.45) is 5.73 Å². The lowest BCUT2D eigenvalue weighted by Crippen LogP contribution is -2.21. The second-order valence-electron chi connectivity index (χ2n) is 4.84. The van der Waals surface area contributed by atoms with Crippen molar-refractivity contribution >= 4 is 11.6 Å². The molecule has 0 saturated carbocycles. The molecule has 0 aliphatic rings. The minimum absolute atomic E-state index is 0.0624. The van der Waals surface area contributed by atoms with Crippen LogP contribution in [0.4, 0.5) is 8.78 Å². The summed E-state index contributed by atoms with van der Waals surface area (Å²) in [5.74, 6) is -0.999. The summed E-state index contributed by atoms with van der Waals surface area (Å²) >= 11 is 6.13. The Morgan fingerprint density at radius 2 is 1.81 bits per heavy atom. The molecule has 0 aliphatic heterocycles. The molecule has 21 heavy (non-hydrogen) atoms. The molecule has 0 saturated heterocycles. The summed E-state index contributed by atoms with van der Waals surface area (Å²) in [7, 11) is 0. The maximum atomic E-state index is 13.1. The van der Waals surface area contributed by atoms with Gasteiger partial charge in [0.05, 0.1) is 5.02 Å². The van der Waals surface area contributed by atoms with Gasteiger partial charge in [0.25, 0.3) is 0 Å². The first kappa shape index (κ1) is 15.7. The van der Waals surface area contributed by atoms with Gasteiger partial charge < -0.3 is 10.5 Å². The van der Waals surface area contributed by atoms with E-state index in [4.69, 9.17) is 22.1 Å². The Labute approximate surface area is 127 Å². The third-order valence-electron chi connectivity index (χ3n) is 3.08. The van der Waals surface area contributed by atoms with Crippen molar-refractivity contribution < 1.29 is 13.5 Å². The lowest BCUT2D eigenvalue weighted by atomic mass is 10.0. The van der Waals surface area contributed by atoms with Crippen molar-refractivity contribution in [2.75, 3.05) is 0 Å². The number of hydrogen-bond donors (Lipinski definition) is 1. The number of nitrogens with two attached hydrogens (primary N) is 1. The molecule has 112 valence electrons. The fourth-order valence-electron chi connectivity index (χ4n) is 1.92. The van der Waals surface area contributed by atoms with Crippen molar-refractivity contribution in [3.8, 4) is 11.5 Å². The molecule has 1 unspecified atom stereocenters. The standard InChI is InChI=1S/C16H16ClF2NO/c1-2-13(20)5-10-3-4-16(15(17)6-10)21-14-8-11(18)7-12(19)9-14/h3-4,6-9,13H,2,5,20H2,1H3. The van der Waals surface area contributed by atoms with Gasteiger partial charge >= 0.3 is 0 Å². The number of benzene rings is 2. The van der Waals surface area contributed by atoms with Crippen molar-refractivity contribution in [3.63, 3.8) is 0 Å². The van der Waals surface area contributed by atoms with Crippen LogP contribution in [-0.4, -0.2) is 6.04 Å². The van der Waals surface area contributed by atoms with Crippen molar-refractivity contribution in [3.05, 3.63) is 58.6 Å². The van der Waals surface area contributed by atoms with E-state index in [0.29, 0.717) is 17.2 Å². The van der Waals surface area contributed by atoms with Crippen LogP contribution >= 0.6 is 11.6 Å². The highest BCUT2D eigenvalue weighted by atomic mass is 35.5. The molecule has 0 radical (unpaired) electrons. The van der Waals surface area contributed by atoms with Gasteiger partial charge in [-0.1, -0.05) is 24.6 Å². The SMILES string of the molecule is CCC(N)Cc1ccc(Oc2cc(F)cc(F)c2)c(Cl)c1. The van der Waals surface area contributed by atoms with Gasteiger partial charge in [-0.2, -0.15) is 0 Å². The maximum Gasteiger partial charge on any atom is 0.146 e. The summed E-state index contributed by atoms with van der Waals surface area (Å²) in [5, 5.41) is 0.375. The molecule has 0 aromatic heterocycles. The second-order valence-corrected chi connectivity index (χ2v) is 5.25. The summed E-state index contributed by atoms with van der Waals surface area (Å²) in [6.45, 7) is 2.02. The summed E-state index contributed by atoms with van der Waals surface area (Å²) in [5.41, 5.74) is 6.89. The van der Waals surface area contributed by atoms with Crippen LogP contribution in [0.2, 0.25) is 5.02 Å². The van der Waals surface area contributed by atoms with Crippen LogP contribution in [0.5, 0.6) is 11.5 Å². The third kappa shape index (κ3) is 4.41. The smallest absolute Gasteiger partial charge is 0.146 e.